The molecule has 1 saturated heterocycles. The largest absolute Gasteiger partial charge is 0.497 e. The summed E-state index contributed by atoms with van der Waals surface area (Å²) in [4.78, 5) is 20.4. The molecule has 0 atom stereocenters. The number of carbonyl (C=O) groups excluding carboxylic acids is 1. The fourth-order valence-corrected chi connectivity index (χ4v) is 3.01. The molecule has 1 aromatic carbocycles. The van der Waals surface area contributed by atoms with Crippen LogP contribution in [-0.2, 0) is 0 Å². The molecule has 1 aliphatic heterocycles. The molecular weight excluding hydrogens is 278 g/mol. The Hall–Kier alpha value is -1.85. The zero-order valence-electron chi connectivity index (χ0n) is 13.3. The van der Waals surface area contributed by atoms with Gasteiger partial charge in [0, 0.05) is 54.9 Å². The number of aromatic nitrogens is 1. The summed E-state index contributed by atoms with van der Waals surface area (Å²) in [7, 11) is 1.64. The quantitative estimate of drug-likeness (QED) is 0.858. The van der Waals surface area contributed by atoms with Crippen molar-refractivity contribution in [2.75, 3.05) is 46.4 Å². The molecule has 0 unspecified atom stereocenters. The SMILES string of the molecule is CCN1CCN(CC(=O)c2c[nH]c3cc(OC)ccc23)CC1. The van der Waals surface area contributed by atoms with E-state index in [9.17, 15) is 4.79 Å². The number of methoxy groups -OCH3 is 1. The van der Waals surface area contributed by atoms with Gasteiger partial charge in [-0.3, -0.25) is 9.69 Å². The van der Waals surface area contributed by atoms with Crippen LogP contribution < -0.4 is 4.74 Å². The van der Waals surface area contributed by atoms with E-state index in [1.807, 2.05) is 24.4 Å². The van der Waals surface area contributed by atoms with Gasteiger partial charge in [-0.2, -0.15) is 0 Å². The minimum absolute atomic E-state index is 0.182. The second kappa shape index (κ2) is 6.50. The van der Waals surface area contributed by atoms with E-state index in [2.05, 4.69) is 21.7 Å². The number of nitrogens with one attached hydrogen (secondary N) is 1. The molecule has 1 aromatic heterocycles. The van der Waals surface area contributed by atoms with Gasteiger partial charge in [-0.25, -0.2) is 0 Å². The summed E-state index contributed by atoms with van der Waals surface area (Å²) in [6, 6.07) is 5.77. The number of nitrogens with zero attached hydrogens (tertiary/aromatic N) is 2. The van der Waals surface area contributed by atoms with Crippen molar-refractivity contribution in [2.45, 2.75) is 6.92 Å². The van der Waals surface area contributed by atoms with E-state index in [4.69, 9.17) is 4.74 Å². The third-order valence-corrected chi connectivity index (χ3v) is 4.47. The summed E-state index contributed by atoms with van der Waals surface area (Å²) < 4.78 is 5.22. The first kappa shape index (κ1) is 15.1. The smallest absolute Gasteiger partial charge is 0.178 e. The molecule has 0 amide bonds. The number of aromatic amines is 1. The molecule has 118 valence electrons. The Morgan fingerprint density at radius 1 is 1.23 bits per heavy atom. The third kappa shape index (κ3) is 3.00. The van der Waals surface area contributed by atoms with Gasteiger partial charge in [0.2, 0.25) is 0 Å². The van der Waals surface area contributed by atoms with E-state index < -0.39 is 0 Å². The molecule has 0 radical (unpaired) electrons. The minimum atomic E-state index is 0.182. The maximum absolute atomic E-state index is 12.6. The van der Waals surface area contributed by atoms with Crippen LogP contribution in [0.15, 0.2) is 24.4 Å². The average molecular weight is 301 g/mol. The predicted molar refractivity (Wildman–Crippen MR) is 87.7 cm³/mol. The summed E-state index contributed by atoms with van der Waals surface area (Å²) in [6.45, 7) is 7.80. The van der Waals surface area contributed by atoms with E-state index in [0.29, 0.717) is 6.54 Å². The highest BCUT2D eigenvalue weighted by molar-refractivity contribution is 6.09. The maximum Gasteiger partial charge on any atom is 0.178 e. The first-order chi connectivity index (χ1) is 10.7. The number of hydrogen-bond donors (Lipinski definition) is 1. The molecule has 5 nitrogen and oxygen atoms in total. The van der Waals surface area contributed by atoms with Gasteiger partial charge >= 0.3 is 0 Å². The van der Waals surface area contributed by atoms with Crippen LogP contribution >= 0.6 is 0 Å². The Morgan fingerprint density at radius 3 is 2.64 bits per heavy atom. The number of benzene rings is 1. The van der Waals surface area contributed by atoms with Gasteiger partial charge in [-0.1, -0.05) is 6.92 Å². The summed E-state index contributed by atoms with van der Waals surface area (Å²) in [5.41, 5.74) is 1.72. The van der Waals surface area contributed by atoms with E-state index in [-0.39, 0.29) is 5.78 Å². The molecule has 1 fully saturated rings. The molecule has 0 saturated carbocycles. The van der Waals surface area contributed by atoms with Crippen LogP contribution in [0.2, 0.25) is 0 Å². The lowest BCUT2D eigenvalue weighted by molar-refractivity contribution is 0.0860. The van der Waals surface area contributed by atoms with Crippen LogP contribution in [0.25, 0.3) is 10.9 Å². The van der Waals surface area contributed by atoms with Gasteiger partial charge in [-0.05, 0) is 18.7 Å². The highest BCUT2D eigenvalue weighted by atomic mass is 16.5. The normalized spacial score (nSPS) is 17.0. The van der Waals surface area contributed by atoms with Crippen molar-refractivity contribution in [1.82, 2.24) is 14.8 Å². The number of H-pyrrole nitrogens is 1. The number of hydrogen-bond acceptors (Lipinski definition) is 4. The summed E-state index contributed by atoms with van der Waals surface area (Å²) in [5, 5.41) is 0.970. The molecule has 2 aromatic rings. The Bertz CT molecular complexity index is 657. The fourth-order valence-electron chi connectivity index (χ4n) is 3.01. The number of piperazine rings is 1. The van der Waals surface area contributed by atoms with Crippen LogP contribution in [-0.4, -0.2) is 66.9 Å². The van der Waals surface area contributed by atoms with E-state index in [0.717, 1.165) is 54.9 Å². The van der Waals surface area contributed by atoms with Gasteiger partial charge in [0.05, 0.1) is 13.7 Å². The van der Waals surface area contributed by atoms with Crippen LogP contribution in [0.4, 0.5) is 0 Å². The molecule has 3 rings (SSSR count). The number of Topliss-reactive ketones (excluding diaryl/α,β-unsaturated/α-hetero) is 1. The number of ether oxygens (including phenoxy) is 1. The van der Waals surface area contributed by atoms with Crippen molar-refractivity contribution in [3.63, 3.8) is 0 Å². The highest BCUT2D eigenvalue weighted by Gasteiger charge is 2.20. The van der Waals surface area contributed by atoms with Crippen molar-refractivity contribution < 1.29 is 9.53 Å². The molecule has 0 aliphatic carbocycles. The molecule has 0 spiro atoms. The zero-order chi connectivity index (χ0) is 15.5. The number of rotatable bonds is 5. The second-order valence-corrected chi connectivity index (χ2v) is 5.75. The third-order valence-electron chi connectivity index (χ3n) is 4.47. The van der Waals surface area contributed by atoms with E-state index >= 15 is 0 Å². The number of ketones is 1. The van der Waals surface area contributed by atoms with Crippen LogP contribution in [0, 0.1) is 0 Å². The van der Waals surface area contributed by atoms with Crippen LogP contribution in [0.5, 0.6) is 5.75 Å². The van der Waals surface area contributed by atoms with Crippen LogP contribution in [0.1, 0.15) is 17.3 Å². The second-order valence-electron chi connectivity index (χ2n) is 5.75. The lowest BCUT2D eigenvalue weighted by Gasteiger charge is -2.33. The number of fused-ring (bicyclic) bond motifs is 1. The van der Waals surface area contributed by atoms with Crippen molar-refractivity contribution in [3.8, 4) is 5.75 Å². The molecule has 1 N–H and O–H groups in total. The van der Waals surface area contributed by atoms with Crippen molar-refractivity contribution >= 4 is 16.7 Å². The fraction of sp³-hybridized carbons (Fsp3) is 0.471. The van der Waals surface area contributed by atoms with Gasteiger partial charge in [-0.15, -0.1) is 0 Å². The van der Waals surface area contributed by atoms with Gasteiger partial charge in [0.1, 0.15) is 5.75 Å². The topological polar surface area (TPSA) is 48.6 Å². The summed E-state index contributed by atoms with van der Waals surface area (Å²) in [5.74, 6) is 0.977. The Morgan fingerprint density at radius 2 is 1.95 bits per heavy atom. The van der Waals surface area contributed by atoms with Crippen molar-refractivity contribution in [1.29, 1.82) is 0 Å². The number of likely N-dealkylation sites (N-methyl/N-ethyl adjacent to an activating group) is 1. The van der Waals surface area contributed by atoms with Gasteiger partial charge in [0.15, 0.2) is 5.78 Å². The lowest BCUT2D eigenvalue weighted by atomic mass is 10.1. The summed E-state index contributed by atoms with van der Waals surface area (Å²) in [6.07, 6.45) is 1.81. The minimum Gasteiger partial charge on any atom is -0.497 e. The highest BCUT2D eigenvalue weighted by Crippen LogP contribution is 2.23. The van der Waals surface area contributed by atoms with Gasteiger partial charge in [0.25, 0.3) is 0 Å². The number of carbonyl (C=O) groups is 1. The Kier molecular flexibility index (Phi) is 4.45. The van der Waals surface area contributed by atoms with Crippen molar-refractivity contribution in [3.05, 3.63) is 30.0 Å². The predicted octanol–water partition coefficient (Wildman–Crippen LogP) is 2.00. The Balaban J connectivity index is 1.70. The summed E-state index contributed by atoms with van der Waals surface area (Å²) >= 11 is 0. The lowest BCUT2D eigenvalue weighted by Crippen LogP contribution is -2.47. The standard InChI is InChI=1S/C17H23N3O2/c1-3-19-6-8-20(9-7-19)12-17(21)15-11-18-16-10-13(22-2)4-5-14(15)16/h4-5,10-11,18H,3,6-9,12H2,1-2H3. The van der Waals surface area contributed by atoms with Gasteiger partial charge < -0.3 is 14.6 Å². The van der Waals surface area contributed by atoms with E-state index in [1.165, 1.54) is 0 Å². The van der Waals surface area contributed by atoms with Crippen molar-refractivity contribution in [2.24, 2.45) is 0 Å². The van der Waals surface area contributed by atoms with E-state index in [1.54, 1.807) is 7.11 Å². The molecule has 22 heavy (non-hydrogen) atoms. The first-order valence-corrected chi connectivity index (χ1v) is 7.84. The zero-order valence-corrected chi connectivity index (χ0v) is 13.3. The Labute approximate surface area is 130 Å². The maximum atomic E-state index is 12.6. The molecule has 2 heterocycles. The molecule has 5 heteroatoms. The van der Waals surface area contributed by atoms with Crippen LogP contribution in [0.3, 0.4) is 0 Å². The average Bonchev–Trinajstić information content (AvgIpc) is 2.98. The molecular formula is C17H23N3O2. The molecule has 0 bridgehead atoms. The molecule has 1 aliphatic rings. The first-order valence-electron chi connectivity index (χ1n) is 7.84. The monoisotopic (exact) mass is 301 g/mol.